The van der Waals surface area contributed by atoms with Crippen LogP contribution in [0.5, 0.6) is 0 Å². The molecule has 13 nitrogen and oxygen atoms in total. The van der Waals surface area contributed by atoms with E-state index in [2.05, 4.69) is 21.5 Å². The van der Waals surface area contributed by atoms with Gasteiger partial charge in [-0.25, -0.2) is 19.7 Å². The van der Waals surface area contributed by atoms with Crippen LogP contribution in [0, 0.1) is 5.41 Å². The van der Waals surface area contributed by atoms with Crippen molar-refractivity contribution in [3.8, 4) is 0 Å². The maximum atomic E-state index is 13.0. The van der Waals surface area contributed by atoms with E-state index in [0.29, 0.717) is 17.7 Å². The number of esters is 2. The first-order chi connectivity index (χ1) is 15.4. The number of nitrogens with two attached hydrogens (primary N) is 1. The van der Waals surface area contributed by atoms with Gasteiger partial charge in [-0.05, 0) is 27.7 Å². The minimum atomic E-state index is -3.95. The third-order valence-corrected chi connectivity index (χ3v) is 5.49. The van der Waals surface area contributed by atoms with E-state index >= 15 is 0 Å². The van der Waals surface area contributed by atoms with Crippen LogP contribution in [0.4, 0.5) is 5.82 Å². The molecule has 0 spiro atoms. The normalized spacial score (nSPS) is 13.5. The van der Waals surface area contributed by atoms with Crippen molar-refractivity contribution in [2.45, 2.75) is 34.2 Å². The number of hydrogen-bond acceptors (Lipinski definition) is 12. The molecule has 2 aromatic rings. The molecule has 0 saturated carbocycles. The molecule has 1 atom stereocenters. The topological polar surface area (TPSA) is 167 Å². The van der Waals surface area contributed by atoms with Gasteiger partial charge >= 0.3 is 19.5 Å². The Kier molecular flexibility index (Phi) is 9.06. The molecule has 2 rings (SSSR count). The van der Waals surface area contributed by atoms with Gasteiger partial charge in [-0.3, -0.25) is 18.4 Å². The Balaban J connectivity index is 1.92. The van der Waals surface area contributed by atoms with Crippen molar-refractivity contribution in [3.05, 3.63) is 24.8 Å². The summed E-state index contributed by atoms with van der Waals surface area (Å²) in [6.07, 6.45) is 2.35. The summed E-state index contributed by atoms with van der Waals surface area (Å²) in [5, 5.41) is 0. The number of ether oxygens (including phenoxy) is 3. The summed E-state index contributed by atoms with van der Waals surface area (Å²) in [5.41, 5.74) is 6.09. The fourth-order valence-corrected chi connectivity index (χ4v) is 3.18. The van der Waals surface area contributed by atoms with Crippen LogP contribution in [-0.4, -0.2) is 58.0 Å². The van der Waals surface area contributed by atoms with Crippen LogP contribution in [0.15, 0.2) is 24.8 Å². The number of anilines is 1. The van der Waals surface area contributed by atoms with Crippen molar-refractivity contribution in [1.29, 1.82) is 0 Å². The maximum absolute atomic E-state index is 13.0. The molecule has 182 valence electrons. The van der Waals surface area contributed by atoms with Gasteiger partial charge in [0.1, 0.15) is 18.2 Å². The molecule has 0 amide bonds. The molecule has 0 aliphatic heterocycles. The predicted octanol–water partition coefficient (Wildman–Crippen LogP) is 2.23. The molecular weight excluding hydrogens is 457 g/mol. The van der Waals surface area contributed by atoms with Gasteiger partial charge in [-0.1, -0.05) is 6.58 Å². The zero-order valence-electron chi connectivity index (χ0n) is 19.0. The summed E-state index contributed by atoms with van der Waals surface area (Å²) in [5.74, 6) is -1.04. The molecule has 2 N–H and O–H groups in total. The van der Waals surface area contributed by atoms with Gasteiger partial charge < -0.3 is 24.5 Å². The number of carbonyl (C=O) groups excluding carboxylic acids is 2. The summed E-state index contributed by atoms with van der Waals surface area (Å²) in [6, 6.07) is 0. The first-order valence-electron chi connectivity index (χ1n) is 9.80. The minimum absolute atomic E-state index is 0.0827. The number of rotatable bonds is 12. The van der Waals surface area contributed by atoms with Crippen LogP contribution in [0.25, 0.3) is 11.2 Å². The Morgan fingerprint density at radius 2 is 1.82 bits per heavy atom. The van der Waals surface area contributed by atoms with Gasteiger partial charge in [0, 0.05) is 12.1 Å². The van der Waals surface area contributed by atoms with Crippen molar-refractivity contribution in [3.63, 3.8) is 0 Å². The second-order valence-corrected chi connectivity index (χ2v) is 9.90. The van der Waals surface area contributed by atoms with Gasteiger partial charge in [0.25, 0.3) is 0 Å². The number of carbonyl (C=O) groups is 2. The van der Waals surface area contributed by atoms with E-state index in [4.69, 9.17) is 29.0 Å². The van der Waals surface area contributed by atoms with Gasteiger partial charge in [-0.2, -0.15) is 0 Å². The summed E-state index contributed by atoms with van der Waals surface area (Å²) < 4.78 is 40.1. The number of hydrogen-bond donors (Lipinski definition) is 1. The van der Waals surface area contributed by atoms with Crippen LogP contribution in [-0.2, 0) is 44.0 Å². The van der Waals surface area contributed by atoms with Crippen molar-refractivity contribution in [2.75, 3.05) is 32.3 Å². The van der Waals surface area contributed by atoms with Gasteiger partial charge in [-0.15, -0.1) is 0 Å². The van der Waals surface area contributed by atoms with Crippen LogP contribution < -0.4 is 5.73 Å². The zero-order valence-corrected chi connectivity index (χ0v) is 19.9. The second kappa shape index (κ2) is 11.3. The van der Waals surface area contributed by atoms with Crippen molar-refractivity contribution in [2.24, 2.45) is 5.41 Å². The Morgan fingerprint density at radius 3 is 2.45 bits per heavy atom. The Morgan fingerprint density at radius 1 is 1.15 bits per heavy atom. The van der Waals surface area contributed by atoms with Crippen LogP contribution in [0.2, 0.25) is 0 Å². The van der Waals surface area contributed by atoms with Gasteiger partial charge in [0.2, 0.25) is 13.6 Å². The SMILES string of the molecule is C=C(C)C(=O)OCOP(=O)(COCCn1cnc2c(N)ncnc21)OCOC(=O)C(C)(C)C. The third kappa shape index (κ3) is 7.90. The minimum Gasteiger partial charge on any atom is -0.438 e. The van der Waals surface area contributed by atoms with Gasteiger partial charge in [0.05, 0.1) is 18.3 Å². The number of aromatic nitrogens is 4. The maximum Gasteiger partial charge on any atom is 0.361 e. The second-order valence-electron chi connectivity index (χ2n) is 7.91. The fraction of sp³-hybridized carbons (Fsp3) is 0.526. The van der Waals surface area contributed by atoms with E-state index in [1.807, 2.05) is 0 Å². The monoisotopic (exact) mass is 485 g/mol. The Labute approximate surface area is 190 Å². The molecule has 0 fully saturated rings. The molecule has 0 radical (unpaired) electrons. The number of fused-ring (bicyclic) bond motifs is 1. The highest BCUT2D eigenvalue weighted by Crippen LogP contribution is 2.48. The van der Waals surface area contributed by atoms with E-state index in [9.17, 15) is 14.2 Å². The van der Waals surface area contributed by atoms with Crippen LogP contribution in [0.3, 0.4) is 0 Å². The van der Waals surface area contributed by atoms with Crippen molar-refractivity contribution < 1.29 is 37.4 Å². The lowest BCUT2D eigenvalue weighted by Gasteiger charge is -2.20. The fourth-order valence-electron chi connectivity index (χ4n) is 2.17. The zero-order chi connectivity index (χ0) is 24.6. The van der Waals surface area contributed by atoms with Crippen LogP contribution >= 0.6 is 7.60 Å². The molecule has 0 saturated heterocycles. The predicted molar refractivity (Wildman–Crippen MR) is 117 cm³/mol. The highest BCUT2D eigenvalue weighted by Gasteiger charge is 2.29. The summed E-state index contributed by atoms with van der Waals surface area (Å²) in [4.78, 5) is 35.5. The summed E-state index contributed by atoms with van der Waals surface area (Å²) in [7, 11) is -3.95. The molecule has 0 aliphatic carbocycles. The molecular formula is C19H28N5O8P. The number of imidazole rings is 1. The highest BCUT2D eigenvalue weighted by atomic mass is 31.2. The molecule has 2 heterocycles. The van der Waals surface area contributed by atoms with Gasteiger partial charge in [0.15, 0.2) is 11.5 Å². The number of nitrogens with zero attached hydrogens (tertiary/aromatic N) is 4. The van der Waals surface area contributed by atoms with E-state index in [0.717, 1.165) is 0 Å². The first kappa shape index (κ1) is 26.4. The molecule has 2 aromatic heterocycles. The van der Waals surface area contributed by atoms with E-state index in [-0.39, 0.29) is 18.0 Å². The quantitative estimate of drug-likeness (QED) is 0.153. The molecule has 0 bridgehead atoms. The molecule has 0 aliphatic rings. The summed E-state index contributed by atoms with van der Waals surface area (Å²) >= 11 is 0. The average molecular weight is 485 g/mol. The Bertz CT molecular complexity index is 1050. The Hall–Kier alpha value is -2.86. The van der Waals surface area contributed by atoms with E-state index in [1.54, 1.807) is 25.3 Å². The smallest absolute Gasteiger partial charge is 0.361 e. The number of nitrogen functional groups attached to an aromatic ring is 1. The average Bonchev–Trinajstić information content (AvgIpc) is 3.15. The largest absolute Gasteiger partial charge is 0.438 e. The molecule has 1 unspecified atom stereocenters. The third-order valence-electron chi connectivity index (χ3n) is 4.00. The molecule has 33 heavy (non-hydrogen) atoms. The first-order valence-corrected chi connectivity index (χ1v) is 11.5. The molecule has 14 heteroatoms. The lowest BCUT2D eigenvalue weighted by Crippen LogP contribution is -2.24. The van der Waals surface area contributed by atoms with E-state index in [1.165, 1.54) is 19.6 Å². The summed E-state index contributed by atoms with van der Waals surface area (Å²) in [6.45, 7) is 8.95. The standard InChI is InChI=1S/C19H28N5O8P/c1-13(2)17(25)29-10-31-33(27,32-11-30-18(26)19(3,4)5)12-28-7-6-24-9-23-14-15(20)21-8-22-16(14)24/h8-9H,1,6-7,10-12H2,2-5H3,(H2,20,21,22). The van der Waals surface area contributed by atoms with E-state index < -0.39 is 44.9 Å². The lowest BCUT2D eigenvalue weighted by atomic mass is 9.98. The van der Waals surface area contributed by atoms with Crippen LogP contribution in [0.1, 0.15) is 27.7 Å². The highest BCUT2D eigenvalue weighted by molar-refractivity contribution is 7.53. The molecule has 0 aromatic carbocycles. The van der Waals surface area contributed by atoms with Crippen molar-refractivity contribution in [1.82, 2.24) is 19.5 Å². The lowest BCUT2D eigenvalue weighted by molar-refractivity contribution is -0.160. The van der Waals surface area contributed by atoms with Crippen molar-refractivity contribution >= 4 is 36.5 Å².